The number of nitrogens with zero attached hydrogens (tertiary/aromatic N) is 2. The minimum absolute atomic E-state index is 0.0483. The molecule has 0 unspecified atom stereocenters. The second kappa shape index (κ2) is 13.1. The number of thioether (sulfide) groups is 1. The van der Waals surface area contributed by atoms with E-state index in [0.29, 0.717) is 23.6 Å². The van der Waals surface area contributed by atoms with Crippen LogP contribution in [-0.2, 0) is 11.3 Å². The zero-order chi connectivity index (χ0) is 27.0. The van der Waals surface area contributed by atoms with Crippen LogP contribution in [0.5, 0.6) is 0 Å². The van der Waals surface area contributed by atoms with E-state index in [4.69, 9.17) is 0 Å². The van der Waals surface area contributed by atoms with Crippen molar-refractivity contribution in [3.8, 4) is 0 Å². The third-order valence-corrected chi connectivity index (χ3v) is 8.42. The molecule has 2 aliphatic rings. The Kier molecular flexibility index (Phi) is 9.17. The summed E-state index contributed by atoms with van der Waals surface area (Å²) >= 11 is 1.47. The lowest BCUT2D eigenvalue weighted by Gasteiger charge is -2.31. The summed E-state index contributed by atoms with van der Waals surface area (Å²) in [6.07, 6.45) is 8.11. The van der Waals surface area contributed by atoms with Crippen LogP contribution in [0.15, 0.2) is 82.6 Å². The highest BCUT2D eigenvalue weighted by atomic mass is 32.2. The predicted molar refractivity (Wildman–Crippen MR) is 161 cm³/mol. The monoisotopic (exact) mass is 539 g/mol. The number of hydrogen-bond acceptors (Lipinski definition) is 4. The van der Waals surface area contributed by atoms with E-state index in [2.05, 4.69) is 29.3 Å². The molecule has 0 aromatic heterocycles. The van der Waals surface area contributed by atoms with Crippen LogP contribution in [-0.4, -0.2) is 42.9 Å². The van der Waals surface area contributed by atoms with Crippen molar-refractivity contribution in [2.45, 2.75) is 50.5 Å². The molecule has 2 amide bonds. The molecule has 0 bridgehead atoms. The fourth-order valence-electron chi connectivity index (χ4n) is 5.27. The maximum Gasteiger partial charge on any atom is 0.265 e. The number of aryl methyl sites for hydroxylation is 1. The van der Waals surface area contributed by atoms with Gasteiger partial charge in [-0.2, -0.15) is 0 Å². The highest BCUT2D eigenvalue weighted by Gasteiger charge is 2.30. The van der Waals surface area contributed by atoms with Crippen LogP contribution < -0.4 is 10.2 Å². The van der Waals surface area contributed by atoms with Gasteiger partial charge in [-0.25, -0.2) is 0 Å². The van der Waals surface area contributed by atoms with Gasteiger partial charge in [0.15, 0.2) is 0 Å². The number of carbonyl (C=O) groups is 2. The van der Waals surface area contributed by atoms with Gasteiger partial charge in [0, 0.05) is 17.0 Å². The van der Waals surface area contributed by atoms with E-state index in [1.165, 1.54) is 50.5 Å². The topological polar surface area (TPSA) is 52.7 Å². The van der Waals surface area contributed by atoms with E-state index < -0.39 is 0 Å². The molecular formula is C33H37N3O2S. The Balaban J connectivity index is 1.33. The number of anilines is 1. The first-order chi connectivity index (χ1) is 19.1. The first-order valence-corrected chi connectivity index (χ1v) is 14.8. The molecule has 1 fully saturated rings. The van der Waals surface area contributed by atoms with Crippen molar-refractivity contribution >= 4 is 35.3 Å². The lowest BCUT2D eigenvalue weighted by Crippen LogP contribution is -2.34. The van der Waals surface area contributed by atoms with Gasteiger partial charge in [0.05, 0.1) is 17.1 Å². The standard InChI is InChI=1S/C33H37N3O2S/c1-25-11-9-14-27(21-25)24-36-29-23-28(32(37)34-17-10-20-35-18-7-2-3-8-19-35)15-16-30(29)39-31(33(36)38)22-26-12-5-4-6-13-26/h4-6,9,11-16,21-23H,2-3,7-8,10,17-20,24H2,1H3,(H,34,37). The molecule has 0 saturated carbocycles. The van der Waals surface area contributed by atoms with Crippen molar-refractivity contribution < 1.29 is 9.59 Å². The number of hydrogen-bond donors (Lipinski definition) is 1. The molecule has 3 aromatic rings. The summed E-state index contributed by atoms with van der Waals surface area (Å²) < 4.78 is 0. The number of nitrogens with one attached hydrogen (secondary N) is 1. The Labute approximate surface area is 236 Å². The van der Waals surface area contributed by atoms with Crippen LogP contribution in [0.3, 0.4) is 0 Å². The van der Waals surface area contributed by atoms with Crippen molar-refractivity contribution in [3.05, 3.63) is 100.0 Å². The van der Waals surface area contributed by atoms with Crippen LogP contribution in [0, 0.1) is 6.92 Å². The Bertz CT molecular complexity index is 1330. The highest BCUT2D eigenvalue weighted by Crippen LogP contribution is 2.43. The zero-order valence-electron chi connectivity index (χ0n) is 22.7. The molecular weight excluding hydrogens is 502 g/mol. The fraction of sp³-hybridized carbons (Fsp3) is 0.333. The first kappa shape index (κ1) is 27.2. The Morgan fingerprint density at radius 1 is 0.949 bits per heavy atom. The van der Waals surface area contributed by atoms with Crippen LogP contribution >= 0.6 is 11.8 Å². The minimum Gasteiger partial charge on any atom is -0.352 e. The predicted octanol–water partition coefficient (Wildman–Crippen LogP) is 6.67. The van der Waals surface area contributed by atoms with E-state index in [-0.39, 0.29) is 11.8 Å². The number of rotatable bonds is 8. The SMILES string of the molecule is Cc1cccc(CN2C(=O)C(=Cc3ccccc3)Sc3ccc(C(=O)NCCCN4CCCCCC4)cc32)c1. The van der Waals surface area contributed by atoms with Crippen molar-refractivity contribution in [3.63, 3.8) is 0 Å². The Hall–Kier alpha value is -3.35. The first-order valence-electron chi connectivity index (χ1n) is 14.0. The number of likely N-dealkylation sites (tertiary alicyclic amines) is 1. The normalized spacial score (nSPS) is 17.1. The van der Waals surface area contributed by atoms with Gasteiger partial charge in [0.1, 0.15) is 0 Å². The molecule has 39 heavy (non-hydrogen) atoms. The van der Waals surface area contributed by atoms with Gasteiger partial charge < -0.3 is 15.1 Å². The lowest BCUT2D eigenvalue weighted by molar-refractivity contribution is -0.114. The number of fused-ring (bicyclic) bond motifs is 1. The van der Waals surface area contributed by atoms with Crippen molar-refractivity contribution in [2.24, 2.45) is 0 Å². The second-order valence-corrected chi connectivity index (χ2v) is 11.5. The molecule has 1 saturated heterocycles. The molecule has 1 N–H and O–H groups in total. The van der Waals surface area contributed by atoms with Gasteiger partial charge in [0.25, 0.3) is 11.8 Å². The van der Waals surface area contributed by atoms with Gasteiger partial charge in [-0.15, -0.1) is 0 Å². The van der Waals surface area contributed by atoms with Crippen LogP contribution in [0.1, 0.15) is 59.2 Å². The van der Waals surface area contributed by atoms with Gasteiger partial charge in [-0.1, -0.05) is 84.8 Å². The highest BCUT2D eigenvalue weighted by molar-refractivity contribution is 8.04. The molecule has 5 rings (SSSR count). The van der Waals surface area contributed by atoms with Crippen LogP contribution in [0.25, 0.3) is 6.08 Å². The molecule has 6 heteroatoms. The van der Waals surface area contributed by atoms with E-state index in [1.54, 1.807) is 0 Å². The van der Waals surface area contributed by atoms with Crippen LogP contribution in [0.2, 0.25) is 0 Å². The Morgan fingerprint density at radius 3 is 2.51 bits per heavy atom. The Morgan fingerprint density at radius 2 is 1.74 bits per heavy atom. The molecule has 202 valence electrons. The van der Waals surface area contributed by atoms with E-state index >= 15 is 0 Å². The largest absolute Gasteiger partial charge is 0.352 e. The number of amides is 2. The second-order valence-electron chi connectivity index (χ2n) is 10.4. The third-order valence-electron chi connectivity index (χ3n) is 7.34. The van der Waals surface area contributed by atoms with Crippen molar-refractivity contribution in [2.75, 3.05) is 31.1 Å². The van der Waals surface area contributed by atoms with E-state index in [9.17, 15) is 9.59 Å². The van der Waals surface area contributed by atoms with Gasteiger partial charge >= 0.3 is 0 Å². The molecule has 2 aliphatic heterocycles. The number of benzene rings is 3. The van der Waals surface area contributed by atoms with Gasteiger partial charge in [-0.3, -0.25) is 9.59 Å². The summed E-state index contributed by atoms with van der Waals surface area (Å²) in [5, 5.41) is 3.10. The van der Waals surface area contributed by atoms with Crippen molar-refractivity contribution in [1.29, 1.82) is 0 Å². The summed E-state index contributed by atoms with van der Waals surface area (Å²) in [5.74, 6) is -0.139. The quantitative estimate of drug-likeness (QED) is 0.257. The average Bonchev–Trinajstić information content (AvgIpc) is 3.22. The summed E-state index contributed by atoms with van der Waals surface area (Å²) in [6, 6.07) is 23.9. The smallest absolute Gasteiger partial charge is 0.265 e. The molecule has 0 spiro atoms. The number of carbonyl (C=O) groups excluding carboxylic acids is 2. The third kappa shape index (κ3) is 7.20. The summed E-state index contributed by atoms with van der Waals surface area (Å²) in [4.78, 5) is 32.8. The van der Waals surface area contributed by atoms with E-state index in [1.807, 2.05) is 71.6 Å². The summed E-state index contributed by atoms with van der Waals surface area (Å²) in [6.45, 7) is 6.51. The average molecular weight is 540 g/mol. The van der Waals surface area contributed by atoms with E-state index in [0.717, 1.165) is 40.2 Å². The molecule has 0 atom stereocenters. The fourth-order valence-corrected chi connectivity index (χ4v) is 6.31. The molecule has 0 radical (unpaired) electrons. The minimum atomic E-state index is -0.0905. The molecule has 5 nitrogen and oxygen atoms in total. The summed E-state index contributed by atoms with van der Waals surface area (Å²) in [5.41, 5.74) is 4.57. The summed E-state index contributed by atoms with van der Waals surface area (Å²) in [7, 11) is 0. The molecule has 0 aliphatic carbocycles. The maximum absolute atomic E-state index is 13.8. The van der Waals surface area contributed by atoms with Gasteiger partial charge in [0.2, 0.25) is 0 Å². The molecule has 2 heterocycles. The molecule has 3 aromatic carbocycles. The maximum atomic E-state index is 13.8. The zero-order valence-corrected chi connectivity index (χ0v) is 23.5. The van der Waals surface area contributed by atoms with Gasteiger partial charge in [-0.05, 0) is 81.2 Å². The van der Waals surface area contributed by atoms with Crippen molar-refractivity contribution in [1.82, 2.24) is 10.2 Å². The lowest BCUT2D eigenvalue weighted by atomic mass is 10.1. The van der Waals surface area contributed by atoms with Crippen LogP contribution in [0.4, 0.5) is 5.69 Å².